The lowest BCUT2D eigenvalue weighted by Crippen LogP contribution is -2.25. The summed E-state index contributed by atoms with van der Waals surface area (Å²) in [4.78, 5) is 12.8. The highest BCUT2D eigenvalue weighted by molar-refractivity contribution is 6.08. The maximum absolute atomic E-state index is 14.2. The molecule has 0 radical (unpaired) electrons. The standard InChI is InChI=1S/C30H32FNO5/c1-6-8-20(7-2)18-32-29(34)17-25-19(3)24(23-10-9-22(31)16-26(23)25)13-21-14-27(35-4)30(37-12-11-33)28(15-21)36-5/h6-10,13-16,33H,1-2,11-12,17-18H2,3-5H3,(H,32,34)/b20-8+,24-13-. The Labute approximate surface area is 217 Å². The molecule has 1 amide bonds. The minimum atomic E-state index is -0.373. The van der Waals surface area contributed by atoms with Crippen LogP contribution in [0.15, 0.2) is 72.9 Å². The van der Waals surface area contributed by atoms with Crippen LogP contribution in [0.25, 0.3) is 17.2 Å². The minimum absolute atomic E-state index is 0.0943. The molecule has 6 nitrogen and oxygen atoms in total. The molecule has 1 aliphatic rings. The predicted molar refractivity (Wildman–Crippen MR) is 145 cm³/mol. The summed E-state index contributed by atoms with van der Waals surface area (Å²) >= 11 is 0. The molecule has 37 heavy (non-hydrogen) atoms. The number of rotatable bonds is 12. The van der Waals surface area contributed by atoms with Gasteiger partial charge in [0, 0.05) is 6.54 Å². The van der Waals surface area contributed by atoms with Gasteiger partial charge < -0.3 is 24.6 Å². The second-order valence-electron chi connectivity index (χ2n) is 8.31. The van der Waals surface area contributed by atoms with Crippen LogP contribution < -0.4 is 19.5 Å². The topological polar surface area (TPSA) is 77.0 Å². The van der Waals surface area contributed by atoms with Crippen LogP contribution in [0.1, 0.15) is 30.0 Å². The Morgan fingerprint density at radius 1 is 1.11 bits per heavy atom. The molecule has 0 aliphatic heterocycles. The predicted octanol–water partition coefficient (Wildman–Crippen LogP) is 5.35. The fourth-order valence-electron chi connectivity index (χ4n) is 4.20. The van der Waals surface area contributed by atoms with Crippen molar-refractivity contribution in [3.63, 3.8) is 0 Å². The molecule has 1 aliphatic carbocycles. The van der Waals surface area contributed by atoms with Gasteiger partial charge in [-0.15, -0.1) is 0 Å². The van der Waals surface area contributed by atoms with Crippen molar-refractivity contribution in [2.45, 2.75) is 13.3 Å². The summed E-state index contributed by atoms with van der Waals surface area (Å²) in [7, 11) is 3.05. The summed E-state index contributed by atoms with van der Waals surface area (Å²) in [6.07, 6.45) is 7.12. The number of amides is 1. The van der Waals surface area contributed by atoms with Gasteiger partial charge in [0.1, 0.15) is 12.4 Å². The molecule has 2 aromatic rings. The number of aliphatic hydroxyl groups excluding tert-OH is 1. The number of aliphatic hydroxyl groups is 1. The van der Waals surface area contributed by atoms with Gasteiger partial charge in [-0.2, -0.15) is 0 Å². The molecular formula is C30H32FNO5. The van der Waals surface area contributed by atoms with Crippen molar-refractivity contribution in [3.05, 3.63) is 95.4 Å². The number of hydrogen-bond acceptors (Lipinski definition) is 5. The van der Waals surface area contributed by atoms with E-state index in [-0.39, 0.29) is 31.4 Å². The van der Waals surface area contributed by atoms with Crippen molar-refractivity contribution in [2.75, 3.05) is 34.0 Å². The van der Waals surface area contributed by atoms with Gasteiger partial charge in [-0.25, -0.2) is 4.39 Å². The van der Waals surface area contributed by atoms with Gasteiger partial charge in [-0.05, 0) is 76.2 Å². The number of allylic oxidation sites excluding steroid dienone is 4. The highest BCUT2D eigenvalue weighted by Gasteiger charge is 2.26. The summed E-state index contributed by atoms with van der Waals surface area (Å²) in [5, 5.41) is 12.0. The lowest BCUT2D eigenvalue weighted by atomic mass is 10.00. The first-order chi connectivity index (χ1) is 17.9. The second kappa shape index (κ2) is 12.7. The molecule has 0 unspecified atom stereocenters. The number of methoxy groups -OCH3 is 2. The average molecular weight is 506 g/mol. The highest BCUT2D eigenvalue weighted by atomic mass is 19.1. The first-order valence-electron chi connectivity index (χ1n) is 11.8. The van der Waals surface area contributed by atoms with Crippen molar-refractivity contribution in [3.8, 4) is 17.2 Å². The van der Waals surface area contributed by atoms with Gasteiger partial charge in [-0.3, -0.25) is 4.79 Å². The molecule has 0 atom stereocenters. The number of benzene rings is 2. The van der Waals surface area contributed by atoms with E-state index in [1.54, 1.807) is 36.4 Å². The quantitative estimate of drug-likeness (QED) is 0.381. The number of carbonyl (C=O) groups excluding carboxylic acids is 1. The molecule has 3 rings (SSSR count). The number of nitrogens with one attached hydrogen (secondary N) is 1. The smallest absolute Gasteiger partial charge is 0.224 e. The van der Waals surface area contributed by atoms with Crippen molar-refractivity contribution >= 4 is 23.1 Å². The summed E-state index contributed by atoms with van der Waals surface area (Å²) < 4.78 is 30.9. The van der Waals surface area contributed by atoms with Gasteiger partial charge in [-0.1, -0.05) is 37.5 Å². The third-order valence-corrected chi connectivity index (χ3v) is 6.01. The lowest BCUT2D eigenvalue weighted by Gasteiger charge is -2.15. The largest absolute Gasteiger partial charge is 0.493 e. The van der Waals surface area contributed by atoms with E-state index in [2.05, 4.69) is 18.5 Å². The van der Waals surface area contributed by atoms with Gasteiger partial charge in [0.05, 0.1) is 27.2 Å². The maximum atomic E-state index is 14.2. The molecular weight excluding hydrogens is 473 g/mol. The van der Waals surface area contributed by atoms with Crippen molar-refractivity contribution < 1.29 is 28.5 Å². The van der Waals surface area contributed by atoms with E-state index in [0.29, 0.717) is 29.4 Å². The summed E-state index contributed by atoms with van der Waals surface area (Å²) in [6.45, 7) is 9.60. The van der Waals surface area contributed by atoms with Crippen LogP contribution in [0.5, 0.6) is 17.2 Å². The number of fused-ring (bicyclic) bond motifs is 1. The van der Waals surface area contributed by atoms with E-state index in [0.717, 1.165) is 33.4 Å². The Balaban J connectivity index is 2.01. The summed E-state index contributed by atoms with van der Waals surface area (Å²) in [5.41, 5.74) is 5.62. The average Bonchev–Trinajstić information content (AvgIpc) is 3.14. The fourth-order valence-corrected chi connectivity index (χ4v) is 4.20. The van der Waals surface area contributed by atoms with E-state index in [1.165, 1.54) is 26.4 Å². The Morgan fingerprint density at radius 3 is 2.41 bits per heavy atom. The Hall–Kier alpha value is -4.10. The van der Waals surface area contributed by atoms with Crippen molar-refractivity contribution in [1.82, 2.24) is 5.32 Å². The van der Waals surface area contributed by atoms with Crippen LogP contribution in [0.2, 0.25) is 0 Å². The third kappa shape index (κ3) is 6.37. The molecule has 0 saturated carbocycles. The zero-order chi connectivity index (χ0) is 26.9. The minimum Gasteiger partial charge on any atom is -0.493 e. The molecule has 0 heterocycles. The third-order valence-electron chi connectivity index (χ3n) is 6.01. The number of hydrogen-bond donors (Lipinski definition) is 2. The number of carbonyl (C=O) groups is 1. The van der Waals surface area contributed by atoms with Crippen molar-refractivity contribution in [1.29, 1.82) is 0 Å². The highest BCUT2D eigenvalue weighted by Crippen LogP contribution is 2.45. The van der Waals surface area contributed by atoms with Crippen LogP contribution in [-0.2, 0) is 4.79 Å². The molecule has 0 spiro atoms. The maximum Gasteiger partial charge on any atom is 0.224 e. The van der Waals surface area contributed by atoms with Crippen LogP contribution in [0, 0.1) is 5.82 Å². The first-order valence-corrected chi connectivity index (χ1v) is 11.8. The molecule has 0 bridgehead atoms. The monoisotopic (exact) mass is 505 g/mol. The fraction of sp³-hybridized carbons (Fsp3) is 0.233. The van der Waals surface area contributed by atoms with E-state index >= 15 is 0 Å². The molecule has 2 aromatic carbocycles. The van der Waals surface area contributed by atoms with Crippen LogP contribution in [0.3, 0.4) is 0 Å². The number of ether oxygens (including phenoxy) is 3. The Morgan fingerprint density at radius 2 is 1.81 bits per heavy atom. The summed E-state index contributed by atoms with van der Waals surface area (Å²) in [6, 6.07) is 8.19. The molecule has 7 heteroatoms. The Bertz CT molecular complexity index is 1260. The molecule has 0 aromatic heterocycles. The lowest BCUT2D eigenvalue weighted by molar-refractivity contribution is -0.119. The van der Waals surface area contributed by atoms with E-state index in [4.69, 9.17) is 19.3 Å². The molecule has 0 saturated heterocycles. The van der Waals surface area contributed by atoms with Crippen LogP contribution in [-0.4, -0.2) is 45.0 Å². The summed E-state index contributed by atoms with van der Waals surface area (Å²) in [5.74, 6) is 0.732. The van der Waals surface area contributed by atoms with Gasteiger partial charge in [0.15, 0.2) is 11.5 Å². The normalized spacial score (nSPS) is 13.9. The molecule has 0 fully saturated rings. The van der Waals surface area contributed by atoms with Gasteiger partial charge in [0.2, 0.25) is 11.7 Å². The van der Waals surface area contributed by atoms with E-state index in [1.807, 2.05) is 13.0 Å². The van der Waals surface area contributed by atoms with Crippen molar-refractivity contribution in [2.24, 2.45) is 0 Å². The molecule has 194 valence electrons. The van der Waals surface area contributed by atoms with E-state index < -0.39 is 0 Å². The Kier molecular flexibility index (Phi) is 9.46. The number of halogens is 1. The van der Waals surface area contributed by atoms with Gasteiger partial charge >= 0.3 is 0 Å². The van der Waals surface area contributed by atoms with Crippen LogP contribution in [0.4, 0.5) is 4.39 Å². The van der Waals surface area contributed by atoms with Crippen LogP contribution >= 0.6 is 0 Å². The second-order valence-corrected chi connectivity index (χ2v) is 8.31. The van der Waals surface area contributed by atoms with Gasteiger partial charge in [0.25, 0.3) is 0 Å². The zero-order valence-corrected chi connectivity index (χ0v) is 21.4. The SMILES string of the molecule is C=C/C=C(\C=C)CNC(=O)CC1=C(C)/C(=C/c2cc(OC)c(OCCO)c(OC)c2)c2ccc(F)cc21. The van der Waals surface area contributed by atoms with E-state index in [9.17, 15) is 9.18 Å². The first kappa shape index (κ1) is 27.5. The zero-order valence-electron chi connectivity index (χ0n) is 21.4. The molecule has 2 N–H and O–H groups in total.